The second-order valence-corrected chi connectivity index (χ2v) is 6.27. The Morgan fingerprint density at radius 2 is 1.96 bits per heavy atom. The number of oxazole rings is 1. The van der Waals surface area contributed by atoms with Crippen molar-refractivity contribution in [1.29, 1.82) is 0 Å². The Kier molecular flexibility index (Phi) is 4.48. The first kappa shape index (κ1) is 15.7. The average Bonchev–Trinajstić information content (AvgIpc) is 3.04. The van der Waals surface area contributed by atoms with Crippen molar-refractivity contribution < 1.29 is 14.3 Å². The molecule has 0 radical (unpaired) electrons. The summed E-state index contributed by atoms with van der Waals surface area (Å²) in [6, 6.07) is 7.85. The van der Waals surface area contributed by atoms with Crippen LogP contribution in [0.15, 0.2) is 35.1 Å². The van der Waals surface area contributed by atoms with E-state index in [0.29, 0.717) is 24.5 Å². The predicted octanol–water partition coefficient (Wildman–Crippen LogP) is 2.88. The molecule has 0 aliphatic carbocycles. The van der Waals surface area contributed by atoms with Crippen LogP contribution in [-0.4, -0.2) is 40.1 Å². The molecule has 1 N–H and O–H groups in total. The monoisotopic (exact) mass is 314 g/mol. The highest BCUT2D eigenvalue weighted by Crippen LogP contribution is 2.27. The Bertz CT molecular complexity index is 668. The SMILES string of the molecule is Cc1ccc(-c2ocnc2C(=O)N2CCC(C(C)O)CC2)cc1. The second-order valence-electron chi connectivity index (χ2n) is 6.27. The lowest BCUT2D eigenvalue weighted by molar-refractivity contribution is 0.0518. The van der Waals surface area contributed by atoms with E-state index in [0.717, 1.165) is 24.0 Å². The van der Waals surface area contributed by atoms with Crippen LogP contribution in [0.3, 0.4) is 0 Å². The van der Waals surface area contributed by atoms with Crippen molar-refractivity contribution >= 4 is 5.91 Å². The zero-order valence-electron chi connectivity index (χ0n) is 13.5. The molecule has 122 valence electrons. The molecular weight excluding hydrogens is 292 g/mol. The summed E-state index contributed by atoms with van der Waals surface area (Å²) in [6.45, 7) is 5.13. The second kappa shape index (κ2) is 6.54. The number of benzene rings is 1. The first-order chi connectivity index (χ1) is 11.1. The number of aliphatic hydroxyl groups excluding tert-OH is 1. The molecule has 1 atom stereocenters. The third-order valence-corrected chi connectivity index (χ3v) is 4.59. The zero-order chi connectivity index (χ0) is 16.4. The van der Waals surface area contributed by atoms with Gasteiger partial charge in [0.15, 0.2) is 17.8 Å². The number of aliphatic hydroxyl groups is 1. The highest BCUT2D eigenvalue weighted by atomic mass is 16.3. The molecule has 1 fully saturated rings. The lowest BCUT2D eigenvalue weighted by Gasteiger charge is -2.32. The summed E-state index contributed by atoms with van der Waals surface area (Å²) in [5.74, 6) is 0.693. The van der Waals surface area contributed by atoms with Gasteiger partial charge in [0.25, 0.3) is 5.91 Å². The fourth-order valence-electron chi connectivity index (χ4n) is 3.04. The Hall–Kier alpha value is -2.14. The Balaban J connectivity index is 1.77. The summed E-state index contributed by atoms with van der Waals surface area (Å²) >= 11 is 0. The van der Waals surface area contributed by atoms with Crippen LogP contribution in [0.4, 0.5) is 0 Å². The number of aryl methyl sites for hydroxylation is 1. The minimum Gasteiger partial charge on any atom is -0.443 e. The van der Waals surface area contributed by atoms with Gasteiger partial charge < -0.3 is 14.4 Å². The van der Waals surface area contributed by atoms with Crippen LogP contribution in [0.2, 0.25) is 0 Å². The van der Waals surface area contributed by atoms with Gasteiger partial charge in [-0.05, 0) is 32.6 Å². The van der Waals surface area contributed by atoms with Crippen molar-refractivity contribution in [2.45, 2.75) is 32.8 Å². The number of carbonyl (C=O) groups is 1. The molecular formula is C18H22N2O3. The minimum atomic E-state index is -0.317. The molecule has 2 aromatic rings. The van der Waals surface area contributed by atoms with Gasteiger partial charge in [-0.2, -0.15) is 0 Å². The van der Waals surface area contributed by atoms with E-state index >= 15 is 0 Å². The summed E-state index contributed by atoms with van der Waals surface area (Å²) in [7, 11) is 0. The predicted molar refractivity (Wildman–Crippen MR) is 87.0 cm³/mol. The first-order valence-electron chi connectivity index (χ1n) is 8.04. The smallest absolute Gasteiger partial charge is 0.276 e. The van der Waals surface area contributed by atoms with E-state index in [1.165, 1.54) is 6.39 Å². The van der Waals surface area contributed by atoms with E-state index in [9.17, 15) is 9.90 Å². The molecule has 0 saturated carbocycles. The lowest BCUT2D eigenvalue weighted by atomic mass is 9.92. The molecule has 1 saturated heterocycles. The van der Waals surface area contributed by atoms with Gasteiger partial charge in [-0.3, -0.25) is 4.79 Å². The van der Waals surface area contributed by atoms with E-state index in [1.54, 1.807) is 4.90 Å². The highest BCUT2D eigenvalue weighted by Gasteiger charge is 2.29. The number of aromatic nitrogens is 1. The summed E-state index contributed by atoms with van der Waals surface area (Å²) in [4.78, 5) is 18.7. The van der Waals surface area contributed by atoms with Gasteiger partial charge in [-0.25, -0.2) is 4.98 Å². The quantitative estimate of drug-likeness (QED) is 0.946. The van der Waals surface area contributed by atoms with E-state index in [1.807, 2.05) is 38.1 Å². The van der Waals surface area contributed by atoms with Gasteiger partial charge >= 0.3 is 0 Å². The molecule has 5 heteroatoms. The van der Waals surface area contributed by atoms with Crippen LogP contribution >= 0.6 is 0 Å². The molecule has 1 aromatic carbocycles. The van der Waals surface area contributed by atoms with Gasteiger partial charge in [-0.1, -0.05) is 29.8 Å². The molecule has 0 bridgehead atoms. The molecule has 5 nitrogen and oxygen atoms in total. The van der Waals surface area contributed by atoms with Crippen molar-refractivity contribution in [2.24, 2.45) is 5.92 Å². The van der Waals surface area contributed by atoms with E-state index in [4.69, 9.17) is 4.42 Å². The molecule has 1 aromatic heterocycles. The van der Waals surface area contributed by atoms with Crippen LogP contribution < -0.4 is 0 Å². The number of amides is 1. The summed E-state index contributed by atoms with van der Waals surface area (Å²) < 4.78 is 5.46. The van der Waals surface area contributed by atoms with Crippen molar-refractivity contribution in [3.63, 3.8) is 0 Å². The van der Waals surface area contributed by atoms with Gasteiger partial charge in [0, 0.05) is 18.7 Å². The summed E-state index contributed by atoms with van der Waals surface area (Å²) in [5, 5.41) is 9.67. The maximum absolute atomic E-state index is 12.7. The van der Waals surface area contributed by atoms with Crippen LogP contribution in [0.1, 0.15) is 35.8 Å². The van der Waals surface area contributed by atoms with Crippen molar-refractivity contribution in [1.82, 2.24) is 9.88 Å². The molecule has 1 aliphatic heterocycles. The highest BCUT2D eigenvalue weighted by molar-refractivity contribution is 5.97. The molecule has 1 aliphatic rings. The lowest BCUT2D eigenvalue weighted by Crippen LogP contribution is -2.41. The molecule has 1 amide bonds. The van der Waals surface area contributed by atoms with Crippen LogP contribution in [0.5, 0.6) is 0 Å². The molecule has 23 heavy (non-hydrogen) atoms. The van der Waals surface area contributed by atoms with Crippen molar-refractivity contribution in [3.8, 4) is 11.3 Å². The zero-order valence-corrected chi connectivity index (χ0v) is 13.5. The largest absolute Gasteiger partial charge is 0.443 e. The van der Waals surface area contributed by atoms with Crippen molar-refractivity contribution in [2.75, 3.05) is 13.1 Å². The van der Waals surface area contributed by atoms with Crippen LogP contribution in [0.25, 0.3) is 11.3 Å². The number of hydrogen-bond acceptors (Lipinski definition) is 4. The molecule has 0 spiro atoms. The third kappa shape index (κ3) is 3.29. The topological polar surface area (TPSA) is 66.6 Å². The maximum atomic E-state index is 12.7. The number of nitrogens with zero attached hydrogens (tertiary/aromatic N) is 2. The summed E-state index contributed by atoms with van der Waals surface area (Å²) in [5.41, 5.74) is 2.38. The number of likely N-dealkylation sites (tertiary alicyclic amines) is 1. The Morgan fingerprint density at radius 3 is 2.57 bits per heavy atom. The van der Waals surface area contributed by atoms with Gasteiger partial charge in [0.05, 0.1) is 6.10 Å². The number of rotatable bonds is 3. The van der Waals surface area contributed by atoms with Crippen LogP contribution in [-0.2, 0) is 0 Å². The van der Waals surface area contributed by atoms with E-state index in [2.05, 4.69) is 4.98 Å². The third-order valence-electron chi connectivity index (χ3n) is 4.59. The van der Waals surface area contributed by atoms with Gasteiger partial charge in [-0.15, -0.1) is 0 Å². The van der Waals surface area contributed by atoms with Gasteiger partial charge in [0.2, 0.25) is 0 Å². The minimum absolute atomic E-state index is 0.0987. The molecule has 1 unspecified atom stereocenters. The number of carbonyl (C=O) groups excluding carboxylic acids is 1. The molecule has 3 rings (SSSR count). The number of hydrogen-bond donors (Lipinski definition) is 1. The first-order valence-corrected chi connectivity index (χ1v) is 8.04. The standard InChI is InChI=1S/C18H22N2O3/c1-12-3-5-15(6-4-12)17-16(19-11-23-17)18(22)20-9-7-14(8-10-20)13(2)21/h3-6,11,13-14,21H,7-10H2,1-2H3. The average molecular weight is 314 g/mol. The maximum Gasteiger partial charge on any atom is 0.276 e. The van der Waals surface area contributed by atoms with E-state index in [-0.39, 0.29) is 17.9 Å². The number of piperidine rings is 1. The van der Waals surface area contributed by atoms with E-state index < -0.39 is 0 Å². The van der Waals surface area contributed by atoms with Crippen molar-refractivity contribution in [3.05, 3.63) is 41.9 Å². The van der Waals surface area contributed by atoms with Gasteiger partial charge in [0.1, 0.15) is 0 Å². The summed E-state index contributed by atoms with van der Waals surface area (Å²) in [6.07, 6.45) is 2.65. The van der Waals surface area contributed by atoms with Crippen LogP contribution in [0, 0.1) is 12.8 Å². The Morgan fingerprint density at radius 1 is 1.30 bits per heavy atom. The fraction of sp³-hybridized carbons (Fsp3) is 0.444. The Labute approximate surface area is 135 Å². The normalized spacial score (nSPS) is 17.3. The fourth-order valence-corrected chi connectivity index (χ4v) is 3.04. The molecule has 2 heterocycles.